The number of ether oxygens (including phenoxy) is 1. The van der Waals surface area contributed by atoms with Gasteiger partial charge in [-0.05, 0) is 24.5 Å². The molecule has 3 rings (SSSR count). The van der Waals surface area contributed by atoms with Gasteiger partial charge in [0.25, 0.3) is 0 Å². The van der Waals surface area contributed by atoms with Crippen LogP contribution in [-0.2, 0) is 20.7 Å². The van der Waals surface area contributed by atoms with Crippen molar-refractivity contribution >= 4 is 22.8 Å². The van der Waals surface area contributed by atoms with Gasteiger partial charge in [0.2, 0.25) is 5.91 Å². The Balaban J connectivity index is 1.55. The molecule has 1 aliphatic rings. The van der Waals surface area contributed by atoms with Gasteiger partial charge in [-0.3, -0.25) is 9.59 Å². The van der Waals surface area contributed by atoms with Crippen LogP contribution in [0, 0.1) is 0 Å². The van der Waals surface area contributed by atoms with E-state index >= 15 is 0 Å². The number of para-hydroxylation sites is 1. The summed E-state index contributed by atoms with van der Waals surface area (Å²) in [7, 11) is 0. The summed E-state index contributed by atoms with van der Waals surface area (Å²) in [4.78, 5) is 28.3. The van der Waals surface area contributed by atoms with Gasteiger partial charge in [0, 0.05) is 30.1 Å². The molecule has 0 radical (unpaired) electrons. The first-order valence-electron chi connectivity index (χ1n) is 8.29. The average Bonchev–Trinajstić information content (AvgIpc) is 2.98. The van der Waals surface area contributed by atoms with E-state index in [1.807, 2.05) is 24.4 Å². The summed E-state index contributed by atoms with van der Waals surface area (Å²) >= 11 is 0. The van der Waals surface area contributed by atoms with E-state index in [1.54, 1.807) is 4.90 Å². The third kappa shape index (κ3) is 3.76. The predicted molar refractivity (Wildman–Crippen MR) is 89.8 cm³/mol. The normalized spacial score (nSPS) is 18.0. The van der Waals surface area contributed by atoms with Gasteiger partial charge in [0.15, 0.2) is 0 Å². The number of aromatic nitrogens is 1. The number of fused-ring (bicyclic) bond motifs is 1. The monoisotopic (exact) mass is 330 g/mol. The van der Waals surface area contributed by atoms with E-state index in [-0.39, 0.29) is 18.4 Å². The lowest BCUT2D eigenvalue weighted by atomic mass is 10.1. The van der Waals surface area contributed by atoms with Crippen LogP contribution < -0.4 is 0 Å². The van der Waals surface area contributed by atoms with Crippen molar-refractivity contribution in [2.45, 2.75) is 31.7 Å². The Hall–Kier alpha value is -2.34. The van der Waals surface area contributed by atoms with Gasteiger partial charge in [0.1, 0.15) is 0 Å². The molecule has 2 aromatic rings. The Morgan fingerprint density at radius 2 is 2.17 bits per heavy atom. The maximum absolute atomic E-state index is 12.5. The van der Waals surface area contributed by atoms with Crippen molar-refractivity contribution in [3.05, 3.63) is 36.0 Å². The van der Waals surface area contributed by atoms with Gasteiger partial charge < -0.3 is 19.7 Å². The number of carbonyl (C=O) groups is 2. The number of aliphatic carboxylic acids is 1. The number of carbonyl (C=O) groups excluding carboxylic acids is 1. The molecule has 0 saturated carbocycles. The van der Waals surface area contributed by atoms with Crippen molar-refractivity contribution in [2.24, 2.45) is 0 Å². The molecule has 6 heteroatoms. The van der Waals surface area contributed by atoms with Gasteiger partial charge in [-0.25, -0.2) is 0 Å². The number of rotatable bonds is 6. The van der Waals surface area contributed by atoms with Crippen LogP contribution in [0.15, 0.2) is 30.5 Å². The highest BCUT2D eigenvalue weighted by Crippen LogP contribution is 2.20. The molecule has 1 aliphatic heterocycles. The van der Waals surface area contributed by atoms with E-state index in [9.17, 15) is 9.59 Å². The summed E-state index contributed by atoms with van der Waals surface area (Å²) < 4.78 is 5.31. The minimum Gasteiger partial charge on any atom is -0.481 e. The Morgan fingerprint density at radius 1 is 1.33 bits per heavy atom. The number of amides is 1. The highest BCUT2D eigenvalue weighted by atomic mass is 16.5. The molecule has 0 bridgehead atoms. The lowest BCUT2D eigenvalue weighted by molar-refractivity contribution is -0.146. The number of carboxylic acid groups (broad SMARTS) is 1. The van der Waals surface area contributed by atoms with Crippen LogP contribution in [0.2, 0.25) is 0 Å². The first-order chi connectivity index (χ1) is 11.6. The number of nitrogens with one attached hydrogen (secondary N) is 1. The highest BCUT2D eigenvalue weighted by Gasteiger charge is 2.28. The van der Waals surface area contributed by atoms with Gasteiger partial charge in [-0.1, -0.05) is 18.2 Å². The van der Waals surface area contributed by atoms with Crippen molar-refractivity contribution in [3.8, 4) is 0 Å². The maximum atomic E-state index is 12.5. The molecule has 2 N–H and O–H groups in total. The lowest BCUT2D eigenvalue weighted by Gasteiger charge is -2.35. The summed E-state index contributed by atoms with van der Waals surface area (Å²) in [5.74, 6) is -0.883. The fourth-order valence-corrected chi connectivity index (χ4v) is 3.27. The van der Waals surface area contributed by atoms with Crippen molar-refractivity contribution in [3.63, 3.8) is 0 Å². The zero-order chi connectivity index (χ0) is 16.9. The molecular weight excluding hydrogens is 308 g/mol. The predicted octanol–water partition coefficient (Wildman–Crippen LogP) is 2.19. The number of nitrogens with zero attached hydrogens (tertiary/aromatic N) is 1. The summed E-state index contributed by atoms with van der Waals surface area (Å²) in [5, 5.41) is 10.2. The topological polar surface area (TPSA) is 82.6 Å². The SMILES string of the molecule is O=C(O)CC1COCCN1C(=O)CCCc1c[nH]c2ccccc12. The second-order valence-electron chi connectivity index (χ2n) is 6.13. The van der Waals surface area contributed by atoms with E-state index in [0.717, 1.165) is 18.4 Å². The first-order valence-corrected chi connectivity index (χ1v) is 8.29. The summed E-state index contributed by atoms with van der Waals surface area (Å²) in [6.45, 7) is 1.26. The van der Waals surface area contributed by atoms with Crippen LogP contribution >= 0.6 is 0 Å². The third-order valence-corrected chi connectivity index (χ3v) is 4.47. The Kier molecular flexibility index (Phi) is 5.15. The van der Waals surface area contributed by atoms with Crippen LogP contribution in [0.5, 0.6) is 0 Å². The van der Waals surface area contributed by atoms with Crippen LogP contribution in [0.1, 0.15) is 24.8 Å². The number of H-pyrrole nitrogens is 1. The van der Waals surface area contributed by atoms with Gasteiger partial charge >= 0.3 is 5.97 Å². The average molecular weight is 330 g/mol. The molecule has 1 aromatic heterocycles. The van der Waals surface area contributed by atoms with Crippen LogP contribution in [0.3, 0.4) is 0 Å². The molecule has 24 heavy (non-hydrogen) atoms. The molecule has 2 heterocycles. The highest BCUT2D eigenvalue weighted by molar-refractivity contribution is 5.83. The Labute approximate surface area is 140 Å². The molecule has 1 amide bonds. The van der Waals surface area contributed by atoms with E-state index in [0.29, 0.717) is 26.2 Å². The number of benzene rings is 1. The van der Waals surface area contributed by atoms with Crippen molar-refractivity contribution < 1.29 is 19.4 Å². The molecule has 1 saturated heterocycles. The fraction of sp³-hybridized carbons (Fsp3) is 0.444. The fourth-order valence-electron chi connectivity index (χ4n) is 3.27. The largest absolute Gasteiger partial charge is 0.481 e. The molecule has 1 atom stereocenters. The molecule has 1 unspecified atom stereocenters. The van der Waals surface area contributed by atoms with Crippen LogP contribution in [0.4, 0.5) is 0 Å². The van der Waals surface area contributed by atoms with Gasteiger partial charge in [0.05, 0.1) is 25.7 Å². The maximum Gasteiger partial charge on any atom is 0.305 e. The quantitative estimate of drug-likeness (QED) is 0.850. The molecule has 1 fully saturated rings. The van der Waals surface area contributed by atoms with E-state index in [1.165, 1.54) is 10.9 Å². The summed E-state index contributed by atoms with van der Waals surface area (Å²) in [6, 6.07) is 7.77. The smallest absolute Gasteiger partial charge is 0.305 e. The Morgan fingerprint density at radius 3 is 3.00 bits per heavy atom. The molecule has 0 aliphatic carbocycles. The number of hydrogen-bond donors (Lipinski definition) is 2. The second-order valence-corrected chi connectivity index (χ2v) is 6.13. The van der Waals surface area contributed by atoms with Gasteiger partial charge in [-0.15, -0.1) is 0 Å². The molecular formula is C18H22N2O4. The second kappa shape index (κ2) is 7.49. The van der Waals surface area contributed by atoms with Crippen LogP contribution in [0.25, 0.3) is 10.9 Å². The Bertz CT molecular complexity index is 725. The van der Waals surface area contributed by atoms with Crippen molar-refractivity contribution in [2.75, 3.05) is 19.8 Å². The van der Waals surface area contributed by atoms with Crippen LogP contribution in [-0.4, -0.2) is 52.7 Å². The van der Waals surface area contributed by atoms with E-state index in [2.05, 4.69) is 11.1 Å². The first kappa shape index (κ1) is 16.5. The number of hydrogen-bond acceptors (Lipinski definition) is 3. The molecule has 1 aromatic carbocycles. The van der Waals surface area contributed by atoms with E-state index in [4.69, 9.17) is 9.84 Å². The standard InChI is InChI=1S/C18H22N2O4/c21-17(20-8-9-24-12-14(20)10-18(22)23)7-3-4-13-11-19-16-6-2-1-5-15(13)16/h1-2,5-6,11,14,19H,3-4,7-10,12H2,(H,22,23). The minimum atomic E-state index is -0.901. The molecule has 0 spiro atoms. The van der Waals surface area contributed by atoms with Gasteiger partial charge in [-0.2, -0.15) is 0 Å². The molecule has 128 valence electrons. The number of aromatic amines is 1. The molecule has 6 nitrogen and oxygen atoms in total. The number of carboxylic acids is 1. The number of aryl methyl sites for hydroxylation is 1. The summed E-state index contributed by atoms with van der Waals surface area (Å²) in [6.07, 6.45) is 3.93. The van der Waals surface area contributed by atoms with Crippen molar-refractivity contribution in [1.29, 1.82) is 0 Å². The zero-order valence-corrected chi connectivity index (χ0v) is 13.5. The lowest BCUT2D eigenvalue weighted by Crippen LogP contribution is -2.49. The van der Waals surface area contributed by atoms with Crippen molar-refractivity contribution in [1.82, 2.24) is 9.88 Å². The zero-order valence-electron chi connectivity index (χ0n) is 13.5. The number of morpholine rings is 1. The minimum absolute atomic E-state index is 0.0180. The third-order valence-electron chi connectivity index (χ3n) is 4.47. The summed E-state index contributed by atoms with van der Waals surface area (Å²) in [5.41, 5.74) is 2.32. The van der Waals surface area contributed by atoms with E-state index < -0.39 is 5.97 Å².